The smallest absolute Gasteiger partial charge is 0.406 e. The van der Waals surface area contributed by atoms with E-state index in [2.05, 4.69) is 11.7 Å². The molecule has 0 spiro atoms. The van der Waals surface area contributed by atoms with Crippen molar-refractivity contribution in [3.05, 3.63) is 53.6 Å². The Morgan fingerprint density at radius 2 is 1.88 bits per heavy atom. The first kappa shape index (κ1) is 27.0. The highest BCUT2D eigenvalue weighted by atomic mass is 35.5. The maximum atomic E-state index is 13.0. The van der Waals surface area contributed by atoms with E-state index in [-0.39, 0.29) is 36.4 Å². The lowest BCUT2D eigenvalue weighted by Gasteiger charge is -2.25. The van der Waals surface area contributed by atoms with Crippen molar-refractivity contribution in [2.75, 3.05) is 10.7 Å². The maximum Gasteiger partial charge on any atom is 0.573 e. The number of fused-ring (bicyclic) bond motifs is 1. The van der Waals surface area contributed by atoms with E-state index in [9.17, 15) is 22.8 Å². The number of hydrogen-bond acceptors (Lipinski definition) is 5. The largest absolute Gasteiger partial charge is 0.573 e. The number of carbonyl (C=O) groups excluding carboxylic acids is 2. The molecule has 5 nitrogen and oxygen atoms in total. The topological polar surface area (TPSA) is 72.6 Å². The molecule has 2 N–H and O–H groups in total. The van der Waals surface area contributed by atoms with Gasteiger partial charge in [-0.3, -0.25) is 9.59 Å². The van der Waals surface area contributed by atoms with Gasteiger partial charge in [-0.05, 0) is 36.2 Å². The lowest BCUT2D eigenvalue weighted by Crippen LogP contribution is -2.44. The molecule has 180 valence electrons. The first-order valence-corrected chi connectivity index (χ1v) is 11.4. The van der Waals surface area contributed by atoms with E-state index in [1.807, 2.05) is 6.07 Å². The van der Waals surface area contributed by atoms with Gasteiger partial charge in [0.15, 0.2) is 5.78 Å². The fourth-order valence-electron chi connectivity index (χ4n) is 3.42. The van der Waals surface area contributed by atoms with Gasteiger partial charge >= 0.3 is 6.36 Å². The van der Waals surface area contributed by atoms with E-state index in [0.29, 0.717) is 29.0 Å². The summed E-state index contributed by atoms with van der Waals surface area (Å²) in [6.45, 7) is 2.18. The second kappa shape index (κ2) is 11.8. The van der Waals surface area contributed by atoms with Gasteiger partial charge in [-0.25, -0.2) is 0 Å². The average Bonchev–Trinajstić information content (AvgIpc) is 2.86. The zero-order chi connectivity index (χ0) is 23.3. The number of rotatable bonds is 8. The summed E-state index contributed by atoms with van der Waals surface area (Å²) in [6.07, 6.45) is -1.54. The molecule has 0 bridgehead atoms. The number of ether oxygens (including phenoxy) is 1. The highest BCUT2D eigenvalue weighted by Gasteiger charge is 2.31. The van der Waals surface area contributed by atoms with Crippen molar-refractivity contribution in [2.24, 2.45) is 5.73 Å². The van der Waals surface area contributed by atoms with Gasteiger partial charge in [-0.1, -0.05) is 38.0 Å². The highest BCUT2D eigenvalue weighted by molar-refractivity contribution is 7.99. The van der Waals surface area contributed by atoms with Crippen LogP contribution in [0.3, 0.4) is 0 Å². The Balaban J connectivity index is 0.00000385. The van der Waals surface area contributed by atoms with Crippen molar-refractivity contribution < 1.29 is 27.5 Å². The van der Waals surface area contributed by atoms with Crippen molar-refractivity contribution in [3.63, 3.8) is 0 Å². The molecule has 2 aromatic rings. The first-order chi connectivity index (χ1) is 15.2. The van der Waals surface area contributed by atoms with Crippen LogP contribution in [0.25, 0.3) is 0 Å². The summed E-state index contributed by atoms with van der Waals surface area (Å²) >= 11 is 1.44. The molecule has 0 saturated carbocycles. The molecule has 0 fully saturated rings. The molecule has 33 heavy (non-hydrogen) atoms. The first-order valence-electron chi connectivity index (χ1n) is 10.4. The maximum absolute atomic E-state index is 13.0. The average molecular weight is 503 g/mol. The Bertz CT molecular complexity index is 970. The Hall–Kier alpha value is -2.23. The van der Waals surface area contributed by atoms with Crippen molar-refractivity contribution in [1.29, 1.82) is 0 Å². The molecule has 1 heterocycles. The second-order valence-corrected chi connectivity index (χ2v) is 8.66. The van der Waals surface area contributed by atoms with Crippen LogP contribution in [0, 0.1) is 0 Å². The van der Waals surface area contributed by atoms with Crippen LogP contribution in [0.2, 0.25) is 0 Å². The number of nitrogens with two attached hydrogens (primary N) is 1. The molecular formula is C23H26ClF3N2O3S. The standard InChI is InChI=1S/C23H25F3N2O3S.ClH/c1-2-3-4-5-20(29)16-8-11-21-19(12-16)28(22(30)18(27)14-32-21)13-15-6-9-17(10-7-15)31-23(24,25)26;/h6-12,18H,2-5,13-14,27H2,1H3;1H/t18-;/m0./s1. The summed E-state index contributed by atoms with van der Waals surface area (Å²) in [7, 11) is 0. The second-order valence-electron chi connectivity index (χ2n) is 7.60. The number of hydrogen-bond donors (Lipinski definition) is 1. The third-order valence-corrected chi connectivity index (χ3v) is 6.26. The van der Waals surface area contributed by atoms with Crippen LogP contribution in [0.15, 0.2) is 47.4 Å². The number of alkyl halides is 3. The molecule has 3 rings (SSSR count). The van der Waals surface area contributed by atoms with Crippen LogP contribution in [0.4, 0.5) is 18.9 Å². The van der Waals surface area contributed by atoms with E-state index in [1.54, 1.807) is 12.1 Å². The number of nitrogens with zero attached hydrogens (tertiary/aromatic N) is 1. The fraction of sp³-hybridized carbons (Fsp3) is 0.391. The van der Waals surface area contributed by atoms with Gasteiger partial charge in [-0.15, -0.1) is 37.3 Å². The number of ketones is 1. The summed E-state index contributed by atoms with van der Waals surface area (Å²) < 4.78 is 41.1. The number of benzene rings is 2. The van der Waals surface area contributed by atoms with Gasteiger partial charge in [0.05, 0.1) is 18.3 Å². The van der Waals surface area contributed by atoms with Crippen molar-refractivity contribution >= 4 is 41.5 Å². The lowest BCUT2D eigenvalue weighted by molar-refractivity contribution is -0.274. The van der Waals surface area contributed by atoms with Crippen LogP contribution >= 0.6 is 24.2 Å². The number of halogens is 4. The number of carbonyl (C=O) groups is 2. The van der Waals surface area contributed by atoms with Gasteiger partial charge in [0, 0.05) is 22.6 Å². The van der Waals surface area contributed by atoms with Crippen molar-refractivity contribution in [2.45, 2.75) is 56.5 Å². The minimum Gasteiger partial charge on any atom is -0.406 e. The van der Waals surface area contributed by atoms with Crippen LogP contribution in [-0.4, -0.2) is 29.8 Å². The summed E-state index contributed by atoms with van der Waals surface area (Å²) in [4.78, 5) is 27.9. The number of anilines is 1. The molecule has 1 amide bonds. The van der Waals surface area contributed by atoms with Crippen LogP contribution in [-0.2, 0) is 11.3 Å². The molecule has 2 aromatic carbocycles. The highest BCUT2D eigenvalue weighted by Crippen LogP contribution is 2.36. The van der Waals surface area contributed by atoms with Gasteiger partial charge in [0.2, 0.25) is 5.91 Å². The van der Waals surface area contributed by atoms with Gasteiger partial charge in [-0.2, -0.15) is 0 Å². The minimum atomic E-state index is -4.77. The monoisotopic (exact) mass is 502 g/mol. The zero-order valence-corrected chi connectivity index (χ0v) is 19.7. The normalized spacial score (nSPS) is 16.0. The molecule has 1 atom stereocenters. The third-order valence-electron chi connectivity index (χ3n) is 5.08. The van der Waals surface area contributed by atoms with E-state index < -0.39 is 12.4 Å². The van der Waals surface area contributed by atoms with E-state index >= 15 is 0 Å². The predicted molar refractivity (Wildman–Crippen MR) is 125 cm³/mol. The van der Waals surface area contributed by atoms with Gasteiger partial charge < -0.3 is 15.4 Å². The molecule has 0 aliphatic carbocycles. The van der Waals surface area contributed by atoms with Crippen LogP contribution in [0.1, 0.15) is 48.5 Å². The Kier molecular flexibility index (Phi) is 9.63. The van der Waals surface area contributed by atoms with Crippen LogP contribution in [0.5, 0.6) is 5.75 Å². The van der Waals surface area contributed by atoms with E-state index in [0.717, 1.165) is 24.2 Å². The molecule has 0 unspecified atom stereocenters. The van der Waals surface area contributed by atoms with Crippen molar-refractivity contribution in [3.8, 4) is 5.75 Å². The Morgan fingerprint density at radius 1 is 1.18 bits per heavy atom. The predicted octanol–water partition coefficient (Wildman–Crippen LogP) is 5.74. The number of thioether (sulfide) groups is 1. The van der Waals surface area contributed by atoms with Crippen molar-refractivity contribution in [1.82, 2.24) is 0 Å². The van der Waals surface area contributed by atoms with E-state index in [1.165, 1.54) is 40.9 Å². The molecule has 0 saturated heterocycles. The Morgan fingerprint density at radius 3 is 2.52 bits per heavy atom. The Labute approximate surface area is 201 Å². The summed E-state index contributed by atoms with van der Waals surface area (Å²) in [5, 5.41) is 0. The number of Topliss-reactive ketones (excluding diaryl/α,β-unsaturated/α-hetero) is 1. The summed E-state index contributed by atoms with van der Waals surface area (Å²) in [6, 6.07) is 9.92. The number of unbranched alkanes of at least 4 members (excludes halogenated alkanes) is 2. The summed E-state index contributed by atoms with van der Waals surface area (Å²) in [5.41, 5.74) is 7.78. The molecule has 10 heteroatoms. The van der Waals surface area contributed by atoms with Crippen LogP contribution < -0.4 is 15.4 Å². The number of amides is 1. The fourth-order valence-corrected chi connectivity index (χ4v) is 4.40. The third kappa shape index (κ3) is 7.38. The SMILES string of the molecule is CCCCCC(=O)c1ccc2c(c1)N(Cc1ccc(OC(F)(F)F)cc1)C(=O)[C@@H](N)CS2.Cl. The molecule has 1 aliphatic heterocycles. The molecule has 0 aromatic heterocycles. The minimum absolute atomic E-state index is 0. The lowest BCUT2D eigenvalue weighted by atomic mass is 10.0. The summed E-state index contributed by atoms with van der Waals surface area (Å²) in [5.74, 6) is -0.232. The molecule has 1 aliphatic rings. The van der Waals surface area contributed by atoms with E-state index in [4.69, 9.17) is 5.73 Å². The van der Waals surface area contributed by atoms with Gasteiger partial charge in [0.25, 0.3) is 0 Å². The molecular weight excluding hydrogens is 477 g/mol. The zero-order valence-electron chi connectivity index (χ0n) is 18.1. The molecule has 0 radical (unpaired) electrons. The van der Waals surface area contributed by atoms with Gasteiger partial charge in [0.1, 0.15) is 5.75 Å². The quantitative estimate of drug-likeness (QED) is 0.368.